The van der Waals surface area contributed by atoms with E-state index in [4.69, 9.17) is 9.97 Å². The van der Waals surface area contributed by atoms with E-state index in [0.717, 1.165) is 80.2 Å². The number of hydrogen-bond acceptors (Lipinski definition) is 5. The van der Waals surface area contributed by atoms with Crippen molar-refractivity contribution in [3.8, 4) is 0 Å². The summed E-state index contributed by atoms with van der Waals surface area (Å²) in [5, 5.41) is 1.89. The molecule has 1 aliphatic heterocycles. The fraction of sp³-hybridized carbons (Fsp3) is 0.370. The van der Waals surface area contributed by atoms with E-state index in [1.165, 1.54) is 5.39 Å². The van der Waals surface area contributed by atoms with Gasteiger partial charge in [0.2, 0.25) is 0 Å². The standard InChI is InChI=1S/C27H31N5O/c1-20-10-12-22-24(19-20)29-25(30(2)27(22)33)9-5-6-14-31-15-17-32(18-16-31)26-13-11-21-7-3-4-8-23(21)28-26/h3-4,7-8,10-13,19H,5-6,9,14-18H2,1-2H3. The molecule has 0 bridgehead atoms. The molecule has 0 atom stereocenters. The van der Waals surface area contributed by atoms with Crippen molar-refractivity contribution in [2.24, 2.45) is 7.05 Å². The van der Waals surface area contributed by atoms with Gasteiger partial charge in [0.1, 0.15) is 11.6 Å². The highest BCUT2D eigenvalue weighted by molar-refractivity contribution is 5.80. The number of piperazine rings is 1. The second-order valence-electron chi connectivity index (χ2n) is 9.06. The van der Waals surface area contributed by atoms with Crippen LogP contribution in [-0.4, -0.2) is 52.2 Å². The van der Waals surface area contributed by atoms with Gasteiger partial charge in [-0.25, -0.2) is 9.97 Å². The maximum Gasteiger partial charge on any atom is 0.261 e. The van der Waals surface area contributed by atoms with E-state index < -0.39 is 0 Å². The van der Waals surface area contributed by atoms with Gasteiger partial charge in [-0.15, -0.1) is 0 Å². The van der Waals surface area contributed by atoms with Crippen molar-refractivity contribution in [1.29, 1.82) is 0 Å². The topological polar surface area (TPSA) is 54.3 Å². The minimum atomic E-state index is 0.0495. The van der Waals surface area contributed by atoms with Crippen LogP contribution in [0.4, 0.5) is 5.82 Å². The Morgan fingerprint density at radius 3 is 2.55 bits per heavy atom. The highest BCUT2D eigenvalue weighted by atomic mass is 16.1. The minimum Gasteiger partial charge on any atom is -0.354 e. The molecule has 170 valence electrons. The summed E-state index contributed by atoms with van der Waals surface area (Å²) in [6.45, 7) is 7.24. The van der Waals surface area contributed by atoms with Crippen molar-refractivity contribution >= 4 is 27.6 Å². The average Bonchev–Trinajstić information content (AvgIpc) is 2.84. The minimum absolute atomic E-state index is 0.0495. The van der Waals surface area contributed by atoms with E-state index >= 15 is 0 Å². The van der Waals surface area contributed by atoms with Gasteiger partial charge in [-0.3, -0.25) is 14.3 Å². The van der Waals surface area contributed by atoms with Crippen molar-refractivity contribution in [3.05, 3.63) is 76.3 Å². The Balaban J connectivity index is 1.13. The number of aryl methyl sites for hydroxylation is 2. The highest BCUT2D eigenvalue weighted by Crippen LogP contribution is 2.19. The summed E-state index contributed by atoms with van der Waals surface area (Å²) in [5.74, 6) is 1.96. The molecule has 33 heavy (non-hydrogen) atoms. The summed E-state index contributed by atoms with van der Waals surface area (Å²) in [7, 11) is 1.84. The Morgan fingerprint density at radius 1 is 0.879 bits per heavy atom. The van der Waals surface area contributed by atoms with Crippen molar-refractivity contribution < 1.29 is 0 Å². The normalized spacial score (nSPS) is 14.9. The van der Waals surface area contributed by atoms with Crippen molar-refractivity contribution in [1.82, 2.24) is 19.4 Å². The number of hydrogen-bond donors (Lipinski definition) is 0. The van der Waals surface area contributed by atoms with Crippen LogP contribution in [0.25, 0.3) is 21.8 Å². The summed E-state index contributed by atoms with van der Waals surface area (Å²) in [5.41, 5.74) is 3.05. The van der Waals surface area contributed by atoms with E-state index in [0.29, 0.717) is 5.39 Å². The van der Waals surface area contributed by atoms with Gasteiger partial charge in [0, 0.05) is 45.0 Å². The molecule has 4 aromatic rings. The molecule has 2 aromatic carbocycles. The van der Waals surface area contributed by atoms with Crippen LogP contribution in [0.3, 0.4) is 0 Å². The number of unbranched alkanes of at least 4 members (excludes halogenated alkanes) is 1. The zero-order chi connectivity index (χ0) is 22.8. The zero-order valence-electron chi connectivity index (χ0n) is 19.5. The predicted molar refractivity (Wildman–Crippen MR) is 135 cm³/mol. The molecule has 6 nitrogen and oxygen atoms in total. The number of para-hydroxylation sites is 1. The Hall–Kier alpha value is -3.25. The Morgan fingerprint density at radius 2 is 1.70 bits per heavy atom. The van der Waals surface area contributed by atoms with Crippen LogP contribution in [0.5, 0.6) is 0 Å². The maximum absolute atomic E-state index is 12.7. The Labute approximate surface area is 194 Å². The lowest BCUT2D eigenvalue weighted by molar-refractivity contribution is 0.252. The van der Waals surface area contributed by atoms with Crippen LogP contribution in [0.2, 0.25) is 0 Å². The lowest BCUT2D eigenvalue weighted by Gasteiger charge is -2.35. The fourth-order valence-corrected chi connectivity index (χ4v) is 4.70. The van der Waals surface area contributed by atoms with Crippen LogP contribution >= 0.6 is 0 Å². The zero-order valence-corrected chi connectivity index (χ0v) is 19.5. The van der Waals surface area contributed by atoms with Gasteiger partial charge in [0.25, 0.3) is 5.56 Å². The smallest absolute Gasteiger partial charge is 0.261 e. The fourth-order valence-electron chi connectivity index (χ4n) is 4.70. The number of nitrogens with zero attached hydrogens (tertiary/aromatic N) is 5. The molecule has 0 amide bonds. The lowest BCUT2D eigenvalue weighted by atomic mass is 10.1. The first kappa shape index (κ1) is 21.6. The molecule has 0 N–H and O–H groups in total. The predicted octanol–water partition coefficient (Wildman–Crippen LogP) is 3.94. The number of aromatic nitrogens is 3. The van der Waals surface area contributed by atoms with Gasteiger partial charge in [-0.2, -0.15) is 0 Å². The van der Waals surface area contributed by atoms with Crippen LogP contribution in [0.15, 0.2) is 59.4 Å². The van der Waals surface area contributed by atoms with Gasteiger partial charge in [-0.05, 0) is 62.2 Å². The summed E-state index contributed by atoms with van der Waals surface area (Å²) in [4.78, 5) is 27.2. The monoisotopic (exact) mass is 441 g/mol. The van der Waals surface area contributed by atoms with E-state index in [1.54, 1.807) is 4.57 Å². The van der Waals surface area contributed by atoms with Crippen molar-refractivity contribution in [2.75, 3.05) is 37.6 Å². The SMILES string of the molecule is Cc1ccc2c(=O)n(C)c(CCCCN3CCN(c4ccc5ccccc5n4)CC3)nc2c1. The number of anilines is 1. The molecule has 0 spiro atoms. The van der Waals surface area contributed by atoms with Gasteiger partial charge in [-0.1, -0.05) is 24.3 Å². The third-order valence-electron chi connectivity index (χ3n) is 6.73. The van der Waals surface area contributed by atoms with Crippen molar-refractivity contribution in [2.45, 2.75) is 26.2 Å². The maximum atomic E-state index is 12.7. The third kappa shape index (κ3) is 4.62. The molecular formula is C27H31N5O. The lowest BCUT2D eigenvalue weighted by Crippen LogP contribution is -2.46. The summed E-state index contributed by atoms with van der Waals surface area (Å²) < 4.78 is 1.72. The van der Waals surface area contributed by atoms with Crippen LogP contribution in [-0.2, 0) is 13.5 Å². The number of pyridine rings is 1. The molecule has 6 heteroatoms. The molecule has 5 rings (SSSR count). The van der Waals surface area contributed by atoms with Gasteiger partial charge in [0.05, 0.1) is 16.4 Å². The summed E-state index contributed by atoms with van der Waals surface area (Å²) in [6, 6.07) is 18.5. The van der Waals surface area contributed by atoms with Crippen molar-refractivity contribution in [3.63, 3.8) is 0 Å². The second-order valence-corrected chi connectivity index (χ2v) is 9.06. The molecule has 1 saturated heterocycles. The third-order valence-corrected chi connectivity index (χ3v) is 6.73. The van der Waals surface area contributed by atoms with E-state index in [1.807, 2.05) is 38.2 Å². The largest absolute Gasteiger partial charge is 0.354 e. The van der Waals surface area contributed by atoms with E-state index in [9.17, 15) is 4.79 Å². The quantitative estimate of drug-likeness (QED) is 0.424. The first-order valence-electron chi connectivity index (χ1n) is 11.9. The highest BCUT2D eigenvalue weighted by Gasteiger charge is 2.18. The van der Waals surface area contributed by atoms with E-state index in [2.05, 4.69) is 40.1 Å². The molecule has 1 aliphatic rings. The molecule has 3 heterocycles. The number of fused-ring (bicyclic) bond motifs is 2. The average molecular weight is 442 g/mol. The molecule has 0 radical (unpaired) electrons. The molecule has 0 saturated carbocycles. The van der Waals surface area contributed by atoms with E-state index in [-0.39, 0.29) is 5.56 Å². The second kappa shape index (κ2) is 9.32. The van der Waals surface area contributed by atoms with Crippen LogP contribution < -0.4 is 10.5 Å². The first-order chi connectivity index (χ1) is 16.1. The summed E-state index contributed by atoms with van der Waals surface area (Å²) in [6.07, 6.45) is 2.97. The van der Waals surface area contributed by atoms with Gasteiger partial charge in [0.15, 0.2) is 0 Å². The van der Waals surface area contributed by atoms with Gasteiger partial charge >= 0.3 is 0 Å². The molecule has 1 fully saturated rings. The Bertz CT molecular complexity index is 1340. The molecule has 2 aromatic heterocycles. The van der Waals surface area contributed by atoms with Crippen LogP contribution in [0, 0.1) is 6.92 Å². The summed E-state index contributed by atoms with van der Waals surface area (Å²) >= 11 is 0. The Kier molecular flexibility index (Phi) is 6.09. The van der Waals surface area contributed by atoms with Gasteiger partial charge < -0.3 is 4.90 Å². The molecule has 0 aliphatic carbocycles. The molecule has 0 unspecified atom stereocenters. The molecular weight excluding hydrogens is 410 g/mol. The van der Waals surface area contributed by atoms with Crippen LogP contribution in [0.1, 0.15) is 24.2 Å². The number of rotatable bonds is 6. The number of benzene rings is 2. The first-order valence-corrected chi connectivity index (χ1v) is 11.9.